The molecule has 108 valence electrons. The molecule has 0 aliphatic rings. The van der Waals surface area contributed by atoms with Gasteiger partial charge >= 0.3 is 0 Å². The highest BCUT2D eigenvalue weighted by atomic mass is 16.5. The van der Waals surface area contributed by atoms with Crippen molar-refractivity contribution in [1.29, 1.82) is 5.26 Å². The van der Waals surface area contributed by atoms with Crippen LogP contribution in [0.1, 0.15) is 39.2 Å². The number of carbonyl (C=O) groups excluding carboxylic acids is 1. The van der Waals surface area contributed by atoms with E-state index < -0.39 is 6.10 Å². The third-order valence-corrected chi connectivity index (χ3v) is 3.06. The van der Waals surface area contributed by atoms with Crippen LogP contribution in [0.2, 0.25) is 0 Å². The van der Waals surface area contributed by atoms with Crippen LogP contribution in [0.25, 0.3) is 0 Å². The number of amides is 1. The molecule has 0 aliphatic carbocycles. The molecule has 2 atom stereocenters. The van der Waals surface area contributed by atoms with Crippen molar-refractivity contribution in [3.05, 3.63) is 29.8 Å². The smallest absolute Gasteiger partial charge is 0.253 e. The monoisotopic (exact) mass is 274 g/mol. The maximum Gasteiger partial charge on any atom is 0.253 e. The van der Waals surface area contributed by atoms with Crippen LogP contribution in [0.4, 0.5) is 5.69 Å². The Morgan fingerprint density at radius 3 is 2.55 bits per heavy atom. The molecule has 0 radical (unpaired) electrons. The van der Waals surface area contributed by atoms with Crippen LogP contribution < -0.4 is 5.32 Å². The van der Waals surface area contributed by atoms with E-state index in [1.807, 2.05) is 6.07 Å². The molecular formula is C16H22N2O2. The number of nitrogens with zero attached hydrogens (tertiary/aromatic N) is 1. The number of hydrogen-bond donors (Lipinski definition) is 1. The van der Waals surface area contributed by atoms with Gasteiger partial charge in [-0.3, -0.25) is 4.79 Å². The Bertz CT molecular complexity index is 462. The number of benzene rings is 1. The quantitative estimate of drug-likeness (QED) is 0.829. The Morgan fingerprint density at radius 2 is 2.00 bits per heavy atom. The Balaban J connectivity index is 2.42. The second kappa shape index (κ2) is 8.34. The first-order valence-electron chi connectivity index (χ1n) is 6.99. The fourth-order valence-electron chi connectivity index (χ4n) is 1.83. The Hall–Kier alpha value is -1.86. The number of hydrogen-bond acceptors (Lipinski definition) is 3. The molecule has 4 nitrogen and oxygen atoms in total. The third kappa shape index (κ3) is 5.41. The highest BCUT2D eigenvalue weighted by Gasteiger charge is 2.14. The van der Waals surface area contributed by atoms with Crippen LogP contribution in [0, 0.1) is 17.2 Å². The lowest BCUT2D eigenvalue weighted by Gasteiger charge is -2.16. The summed E-state index contributed by atoms with van der Waals surface area (Å²) in [6.07, 6.45) is 1.74. The van der Waals surface area contributed by atoms with E-state index in [1.54, 1.807) is 31.2 Å². The normalized spacial score (nSPS) is 13.3. The largest absolute Gasteiger partial charge is 0.368 e. The molecule has 0 heterocycles. The predicted octanol–water partition coefficient (Wildman–Crippen LogP) is 3.34. The number of rotatable bonds is 7. The van der Waals surface area contributed by atoms with Gasteiger partial charge < -0.3 is 10.1 Å². The van der Waals surface area contributed by atoms with E-state index in [1.165, 1.54) is 0 Å². The van der Waals surface area contributed by atoms with Crippen molar-refractivity contribution in [2.75, 3.05) is 11.9 Å². The van der Waals surface area contributed by atoms with Gasteiger partial charge in [0.2, 0.25) is 0 Å². The number of carbonyl (C=O) groups is 1. The molecule has 2 unspecified atom stereocenters. The van der Waals surface area contributed by atoms with Crippen molar-refractivity contribution >= 4 is 11.6 Å². The average molecular weight is 274 g/mol. The molecule has 1 aromatic carbocycles. The van der Waals surface area contributed by atoms with Crippen molar-refractivity contribution in [1.82, 2.24) is 0 Å². The summed E-state index contributed by atoms with van der Waals surface area (Å²) in [6, 6.07) is 8.80. The summed E-state index contributed by atoms with van der Waals surface area (Å²) in [4.78, 5) is 11.9. The van der Waals surface area contributed by atoms with E-state index in [4.69, 9.17) is 10.00 Å². The molecule has 0 saturated carbocycles. The summed E-state index contributed by atoms with van der Waals surface area (Å²) in [5.41, 5.74) is 1.24. The van der Waals surface area contributed by atoms with Crippen LogP contribution in [-0.4, -0.2) is 18.6 Å². The standard InChI is InChI=1S/C16H22N2O2/c1-4-5-12(2)11-20-13(3)16(19)18-15-8-6-14(10-17)7-9-15/h6-9,12-13H,4-5,11H2,1-3H3,(H,18,19). The fraction of sp³-hybridized carbons (Fsp3) is 0.500. The van der Waals surface area contributed by atoms with Gasteiger partial charge in [0, 0.05) is 5.69 Å². The minimum absolute atomic E-state index is 0.168. The lowest BCUT2D eigenvalue weighted by atomic mass is 10.1. The molecule has 0 spiro atoms. The van der Waals surface area contributed by atoms with Gasteiger partial charge in [0.1, 0.15) is 6.10 Å². The highest BCUT2D eigenvalue weighted by Crippen LogP contribution is 2.11. The molecule has 4 heteroatoms. The van der Waals surface area contributed by atoms with Gasteiger partial charge in [-0.1, -0.05) is 20.3 Å². The first kappa shape index (κ1) is 16.2. The van der Waals surface area contributed by atoms with Crippen molar-refractivity contribution in [3.63, 3.8) is 0 Å². The SMILES string of the molecule is CCCC(C)COC(C)C(=O)Nc1ccc(C#N)cc1. The number of nitriles is 1. The maximum atomic E-state index is 11.9. The predicted molar refractivity (Wildman–Crippen MR) is 79.3 cm³/mol. The van der Waals surface area contributed by atoms with Gasteiger partial charge in [-0.25, -0.2) is 0 Å². The summed E-state index contributed by atoms with van der Waals surface area (Å²) >= 11 is 0. The van der Waals surface area contributed by atoms with Gasteiger partial charge in [-0.15, -0.1) is 0 Å². The minimum Gasteiger partial charge on any atom is -0.368 e. The second-order valence-electron chi connectivity index (χ2n) is 5.05. The molecule has 0 aromatic heterocycles. The Labute approximate surface area is 120 Å². The minimum atomic E-state index is -0.482. The second-order valence-corrected chi connectivity index (χ2v) is 5.05. The van der Waals surface area contributed by atoms with Gasteiger partial charge in [0.05, 0.1) is 18.2 Å². The summed E-state index contributed by atoms with van der Waals surface area (Å²) in [6.45, 7) is 6.60. The molecule has 1 amide bonds. The summed E-state index contributed by atoms with van der Waals surface area (Å²) in [5, 5.41) is 11.5. The van der Waals surface area contributed by atoms with Crippen molar-refractivity contribution in [3.8, 4) is 6.07 Å². The van der Waals surface area contributed by atoms with Crippen LogP contribution >= 0.6 is 0 Å². The van der Waals surface area contributed by atoms with E-state index in [-0.39, 0.29) is 5.91 Å². The lowest BCUT2D eigenvalue weighted by molar-refractivity contribution is -0.127. The summed E-state index contributed by atoms with van der Waals surface area (Å²) in [7, 11) is 0. The van der Waals surface area contributed by atoms with Crippen LogP contribution in [0.3, 0.4) is 0 Å². The number of ether oxygens (including phenoxy) is 1. The molecule has 0 saturated heterocycles. The zero-order chi connectivity index (χ0) is 15.0. The van der Waals surface area contributed by atoms with Crippen molar-refractivity contribution in [2.24, 2.45) is 5.92 Å². The number of nitrogens with one attached hydrogen (secondary N) is 1. The third-order valence-electron chi connectivity index (χ3n) is 3.06. The highest BCUT2D eigenvalue weighted by molar-refractivity contribution is 5.93. The van der Waals surface area contributed by atoms with Crippen LogP contribution in [0.5, 0.6) is 0 Å². The van der Waals surface area contributed by atoms with Gasteiger partial charge in [0.15, 0.2) is 0 Å². The van der Waals surface area contributed by atoms with E-state index in [0.29, 0.717) is 23.8 Å². The molecule has 1 aromatic rings. The summed E-state index contributed by atoms with van der Waals surface area (Å²) < 4.78 is 5.57. The summed E-state index contributed by atoms with van der Waals surface area (Å²) in [5.74, 6) is 0.295. The maximum absolute atomic E-state index is 11.9. The van der Waals surface area contributed by atoms with E-state index >= 15 is 0 Å². The average Bonchev–Trinajstić information content (AvgIpc) is 2.45. The first-order valence-corrected chi connectivity index (χ1v) is 6.99. The molecule has 0 fully saturated rings. The fourth-order valence-corrected chi connectivity index (χ4v) is 1.83. The molecule has 0 aliphatic heterocycles. The lowest BCUT2D eigenvalue weighted by Crippen LogP contribution is -2.29. The molecule has 1 N–H and O–H groups in total. The topological polar surface area (TPSA) is 62.1 Å². The van der Waals surface area contributed by atoms with Gasteiger partial charge in [-0.2, -0.15) is 5.26 Å². The van der Waals surface area contributed by atoms with E-state index in [2.05, 4.69) is 19.2 Å². The van der Waals surface area contributed by atoms with Crippen LogP contribution in [0.15, 0.2) is 24.3 Å². The molecule has 20 heavy (non-hydrogen) atoms. The Kier molecular flexibility index (Phi) is 6.75. The zero-order valence-electron chi connectivity index (χ0n) is 12.3. The van der Waals surface area contributed by atoms with Crippen molar-refractivity contribution in [2.45, 2.75) is 39.7 Å². The van der Waals surface area contributed by atoms with Gasteiger partial charge in [-0.05, 0) is 43.5 Å². The van der Waals surface area contributed by atoms with Crippen molar-refractivity contribution < 1.29 is 9.53 Å². The zero-order valence-corrected chi connectivity index (χ0v) is 12.3. The Morgan fingerprint density at radius 1 is 1.35 bits per heavy atom. The number of anilines is 1. The first-order chi connectivity index (χ1) is 9.56. The van der Waals surface area contributed by atoms with E-state index in [0.717, 1.165) is 12.8 Å². The molecular weight excluding hydrogens is 252 g/mol. The van der Waals surface area contributed by atoms with E-state index in [9.17, 15) is 4.79 Å². The van der Waals surface area contributed by atoms with Gasteiger partial charge in [0.25, 0.3) is 5.91 Å². The molecule has 1 rings (SSSR count). The van der Waals surface area contributed by atoms with Crippen LogP contribution in [-0.2, 0) is 9.53 Å². The molecule has 0 bridgehead atoms.